The lowest BCUT2D eigenvalue weighted by atomic mass is 10.1. The fraction of sp³-hybridized carbons (Fsp3) is 0.438. The van der Waals surface area contributed by atoms with Gasteiger partial charge in [-0.25, -0.2) is 4.98 Å². The fourth-order valence-corrected chi connectivity index (χ4v) is 2.61. The minimum atomic E-state index is 0.535. The van der Waals surface area contributed by atoms with Crippen molar-refractivity contribution in [2.45, 2.75) is 31.1 Å². The number of rotatable bonds is 6. The second kappa shape index (κ2) is 5.57. The maximum atomic E-state index is 5.87. The molecule has 0 bridgehead atoms. The highest BCUT2D eigenvalue weighted by Gasteiger charge is 2.41. The van der Waals surface area contributed by atoms with Gasteiger partial charge >= 0.3 is 0 Å². The molecule has 1 aromatic carbocycles. The Labute approximate surface area is 114 Å². The SMILES string of the molecule is CNCCCc1ncc(C2CC2c2ccccc2)o1. The van der Waals surface area contributed by atoms with Crippen LogP contribution in [-0.2, 0) is 6.42 Å². The standard InChI is InChI=1S/C16H20N2O/c1-17-9-5-8-16-18-11-15(19-16)14-10-13(14)12-6-3-2-4-7-12/h2-4,6-7,11,13-14,17H,5,8-10H2,1H3. The van der Waals surface area contributed by atoms with Crippen LogP contribution in [0.15, 0.2) is 40.9 Å². The maximum Gasteiger partial charge on any atom is 0.194 e. The average Bonchev–Trinajstić information content (AvgIpc) is 3.12. The monoisotopic (exact) mass is 256 g/mol. The van der Waals surface area contributed by atoms with Gasteiger partial charge < -0.3 is 9.73 Å². The van der Waals surface area contributed by atoms with Crippen LogP contribution in [0.5, 0.6) is 0 Å². The van der Waals surface area contributed by atoms with E-state index in [0.717, 1.165) is 31.0 Å². The van der Waals surface area contributed by atoms with E-state index in [1.807, 2.05) is 13.2 Å². The lowest BCUT2D eigenvalue weighted by Gasteiger charge is -1.98. The molecule has 2 atom stereocenters. The summed E-state index contributed by atoms with van der Waals surface area (Å²) in [4.78, 5) is 4.38. The quantitative estimate of drug-likeness (QED) is 0.807. The number of hydrogen-bond acceptors (Lipinski definition) is 3. The number of hydrogen-bond donors (Lipinski definition) is 1. The maximum absolute atomic E-state index is 5.87. The molecule has 19 heavy (non-hydrogen) atoms. The molecule has 100 valence electrons. The predicted molar refractivity (Wildman–Crippen MR) is 75.3 cm³/mol. The van der Waals surface area contributed by atoms with Crippen LogP contribution in [0.1, 0.15) is 41.9 Å². The van der Waals surface area contributed by atoms with Crippen LogP contribution in [0.25, 0.3) is 0 Å². The molecular formula is C16H20N2O. The van der Waals surface area contributed by atoms with Crippen molar-refractivity contribution < 1.29 is 4.42 Å². The largest absolute Gasteiger partial charge is 0.445 e. The van der Waals surface area contributed by atoms with Crippen LogP contribution in [-0.4, -0.2) is 18.6 Å². The summed E-state index contributed by atoms with van der Waals surface area (Å²) in [6.45, 7) is 1.01. The Morgan fingerprint density at radius 2 is 2.11 bits per heavy atom. The molecule has 3 nitrogen and oxygen atoms in total. The van der Waals surface area contributed by atoms with Crippen LogP contribution < -0.4 is 5.32 Å². The zero-order chi connectivity index (χ0) is 13.1. The molecule has 3 heteroatoms. The lowest BCUT2D eigenvalue weighted by Crippen LogP contribution is -2.08. The summed E-state index contributed by atoms with van der Waals surface area (Å²) in [7, 11) is 1.97. The first-order chi connectivity index (χ1) is 9.38. The Morgan fingerprint density at radius 1 is 1.26 bits per heavy atom. The molecule has 0 radical (unpaired) electrons. The third-order valence-corrected chi connectivity index (χ3v) is 3.77. The summed E-state index contributed by atoms with van der Waals surface area (Å²) in [6.07, 6.45) is 5.10. The molecule has 1 aliphatic rings. The van der Waals surface area contributed by atoms with Crippen molar-refractivity contribution in [3.8, 4) is 0 Å². The van der Waals surface area contributed by atoms with Gasteiger partial charge in [0.05, 0.1) is 6.20 Å². The van der Waals surface area contributed by atoms with Gasteiger partial charge in [-0.2, -0.15) is 0 Å². The molecule has 0 spiro atoms. The zero-order valence-electron chi connectivity index (χ0n) is 11.3. The highest BCUT2D eigenvalue weighted by molar-refractivity contribution is 5.31. The first kappa shape index (κ1) is 12.4. The Morgan fingerprint density at radius 3 is 2.89 bits per heavy atom. The zero-order valence-corrected chi connectivity index (χ0v) is 11.3. The second-order valence-corrected chi connectivity index (χ2v) is 5.22. The summed E-state index contributed by atoms with van der Waals surface area (Å²) >= 11 is 0. The van der Waals surface area contributed by atoms with E-state index in [9.17, 15) is 0 Å². The number of nitrogens with zero attached hydrogens (tertiary/aromatic N) is 1. The Balaban J connectivity index is 1.59. The van der Waals surface area contributed by atoms with Crippen LogP contribution in [0.4, 0.5) is 0 Å². The van der Waals surface area contributed by atoms with E-state index in [4.69, 9.17) is 4.42 Å². The number of nitrogens with one attached hydrogen (secondary N) is 1. The fourth-order valence-electron chi connectivity index (χ4n) is 2.61. The number of aromatic nitrogens is 1. The van der Waals surface area contributed by atoms with Gasteiger partial charge in [-0.3, -0.25) is 0 Å². The van der Waals surface area contributed by atoms with Crippen molar-refractivity contribution >= 4 is 0 Å². The average molecular weight is 256 g/mol. The summed E-state index contributed by atoms with van der Waals surface area (Å²) in [5.74, 6) is 3.10. The molecule has 0 aliphatic heterocycles. The highest BCUT2D eigenvalue weighted by Crippen LogP contribution is 2.54. The number of oxazole rings is 1. The summed E-state index contributed by atoms with van der Waals surface area (Å²) in [5, 5.41) is 3.14. The lowest BCUT2D eigenvalue weighted by molar-refractivity contribution is 0.447. The molecular weight excluding hydrogens is 236 g/mol. The van der Waals surface area contributed by atoms with Gasteiger partial charge in [0.2, 0.25) is 0 Å². The molecule has 3 rings (SSSR count). The smallest absolute Gasteiger partial charge is 0.194 e. The van der Waals surface area contributed by atoms with Crippen molar-refractivity contribution in [2.75, 3.05) is 13.6 Å². The van der Waals surface area contributed by atoms with E-state index in [2.05, 4.69) is 40.6 Å². The van der Waals surface area contributed by atoms with E-state index in [1.165, 1.54) is 12.0 Å². The Kier molecular flexibility index (Phi) is 3.65. The molecule has 1 fully saturated rings. The minimum absolute atomic E-state index is 0.535. The molecule has 1 heterocycles. The number of aryl methyl sites for hydroxylation is 1. The third-order valence-electron chi connectivity index (χ3n) is 3.77. The van der Waals surface area contributed by atoms with Crippen LogP contribution in [0.3, 0.4) is 0 Å². The van der Waals surface area contributed by atoms with E-state index in [-0.39, 0.29) is 0 Å². The van der Waals surface area contributed by atoms with Crippen LogP contribution in [0.2, 0.25) is 0 Å². The Bertz CT molecular complexity index is 521. The second-order valence-electron chi connectivity index (χ2n) is 5.22. The highest BCUT2D eigenvalue weighted by atomic mass is 16.4. The van der Waals surface area contributed by atoms with Crippen LogP contribution >= 0.6 is 0 Å². The van der Waals surface area contributed by atoms with E-state index in [0.29, 0.717) is 11.8 Å². The molecule has 1 N–H and O–H groups in total. The van der Waals surface area contributed by atoms with E-state index < -0.39 is 0 Å². The number of benzene rings is 1. The van der Waals surface area contributed by atoms with Crippen molar-refractivity contribution in [1.82, 2.24) is 10.3 Å². The van der Waals surface area contributed by atoms with Crippen molar-refractivity contribution in [1.29, 1.82) is 0 Å². The van der Waals surface area contributed by atoms with Gasteiger partial charge in [0.25, 0.3) is 0 Å². The Hall–Kier alpha value is -1.61. The summed E-state index contributed by atoms with van der Waals surface area (Å²) < 4.78 is 5.87. The van der Waals surface area contributed by atoms with Gasteiger partial charge in [-0.15, -0.1) is 0 Å². The summed E-state index contributed by atoms with van der Waals surface area (Å²) in [5.41, 5.74) is 1.42. The van der Waals surface area contributed by atoms with E-state index >= 15 is 0 Å². The predicted octanol–water partition coefficient (Wildman–Crippen LogP) is 3.10. The molecule has 2 unspecified atom stereocenters. The first-order valence-corrected chi connectivity index (χ1v) is 7.02. The van der Waals surface area contributed by atoms with Gasteiger partial charge in [0.1, 0.15) is 5.76 Å². The topological polar surface area (TPSA) is 38.1 Å². The van der Waals surface area contributed by atoms with Gasteiger partial charge in [0.15, 0.2) is 5.89 Å². The molecule has 2 aromatic rings. The summed E-state index contributed by atoms with van der Waals surface area (Å²) in [6, 6.07) is 10.7. The van der Waals surface area contributed by atoms with Crippen molar-refractivity contribution in [2.24, 2.45) is 0 Å². The van der Waals surface area contributed by atoms with Gasteiger partial charge in [-0.05, 0) is 37.9 Å². The molecule has 1 aliphatic carbocycles. The third kappa shape index (κ3) is 2.87. The normalized spacial score (nSPS) is 21.5. The van der Waals surface area contributed by atoms with Gasteiger partial charge in [-0.1, -0.05) is 30.3 Å². The molecule has 1 aromatic heterocycles. The molecule has 0 amide bonds. The van der Waals surface area contributed by atoms with Crippen molar-refractivity contribution in [3.05, 3.63) is 53.7 Å². The molecule has 0 saturated heterocycles. The molecule has 1 saturated carbocycles. The van der Waals surface area contributed by atoms with Crippen molar-refractivity contribution in [3.63, 3.8) is 0 Å². The van der Waals surface area contributed by atoms with Gasteiger partial charge in [0, 0.05) is 12.3 Å². The first-order valence-electron chi connectivity index (χ1n) is 7.02. The minimum Gasteiger partial charge on any atom is -0.445 e. The van der Waals surface area contributed by atoms with E-state index in [1.54, 1.807) is 0 Å². The van der Waals surface area contributed by atoms with Crippen LogP contribution in [0, 0.1) is 0 Å².